The predicted molar refractivity (Wildman–Crippen MR) is 90.5 cm³/mol. The van der Waals surface area contributed by atoms with E-state index in [1.165, 1.54) is 0 Å². The van der Waals surface area contributed by atoms with Crippen molar-refractivity contribution in [2.24, 2.45) is 11.8 Å². The number of rotatable bonds is 1. The smallest absolute Gasteiger partial charge is 0.257 e. The zero-order valence-corrected chi connectivity index (χ0v) is 14.5. The van der Waals surface area contributed by atoms with Crippen molar-refractivity contribution >= 4 is 5.91 Å². The molecule has 0 saturated carbocycles. The quantitative estimate of drug-likeness (QED) is 0.801. The van der Waals surface area contributed by atoms with Gasteiger partial charge in [-0.2, -0.15) is 0 Å². The van der Waals surface area contributed by atoms with Crippen LogP contribution in [0.5, 0.6) is 5.75 Å². The summed E-state index contributed by atoms with van der Waals surface area (Å²) in [7, 11) is 0. The first-order chi connectivity index (χ1) is 12.0. The highest BCUT2D eigenvalue weighted by Crippen LogP contribution is 2.44. The molecule has 4 atom stereocenters. The molecule has 3 saturated heterocycles. The summed E-state index contributed by atoms with van der Waals surface area (Å²) in [6.45, 7) is 4.39. The number of hydrogen-bond acceptors (Lipinski definition) is 5. The average Bonchev–Trinajstić information content (AvgIpc) is 2.62. The van der Waals surface area contributed by atoms with Gasteiger partial charge in [0.2, 0.25) is 0 Å². The minimum Gasteiger partial charge on any atom is -0.507 e. The van der Waals surface area contributed by atoms with Crippen LogP contribution in [0.1, 0.15) is 28.8 Å². The molecule has 0 aromatic heterocycles. The van der Waals surface area contributed by atoms with Crippen molar-refractivity contribution in [3.05, 3.63) is 29.3 Å². The minimum atomic E-state index is -0.839. The third kappa shape index (κ3) is 2.72. The van der Waals surface area contributed by atoms with E-state index < -0.39 is 5.60 Å². The second-order valence-electron chi connectivity index (χ2n) is 7.53. The van der Waals surface area contributed by atoms with Crippen LogP contribution in [-0.4, -0.2) is 65.6 Å². The van der Waals surface area contributed by atoms with E-state index in [0.717, 1.165) is 5.56 Å². The Balaban J connectivity index is 1.69. The summed E-state index contributed by atoms with van der Waals surface area (Å²) in [4.78, 5) is 15.0. The number of phenols is 1. The van der Waals surface area contributed by atoms with Crippen LogP contribution in [0.4, 0.5) is 0 Å². The van der Waals surface area contributed by atoms with Gasteiger partial charge >= 0.3 is 0 Å². The van der Waals surface area contributed by atoms with E-state index in [2.05, 4.69) is 0 Å². The van der Waals surface area contributed by atoms with Crippen molar-refractivity contribution in [1.29, 1.82) is 0 Å². The predicted octanol–water partition coefficient (Wildman–Crippen LogP) is 1.33. The maximum atomic E-state index is 13.2. The summed E-state index contributed by atoms with van der Waals surface area (Å²) in [5.74, 6) is -0.412. The van der Waals surface area contributed by atoms with E-state index in [9.17, 15) is 15.0 Å². The number of likely N-dealkylation sites (tertiary alicyclic amines) is 1. The number of aryl methyl sites for hydroxylation is 1. The number of hydrogen-bond donors (Lipinski definition) is 2. The molecule has 6 nitrogen and oxygen atoms in total. The zero-order valence-electron chi connectivity index (χ0n) is 14.5. The fourth-order valence-electron chi connectivity index (χ4n) is 4.67. The number of ether oxygens (including phenoxy) is 2. The zero-order chi connectivity index (χ0) is 17.6. The Morgan fingerprint density at radius 3 is 2.92 bits per heavy atom. The number of aliphatic hydroxyl groups is 1. The highest BCUT2D eigenvalue weighted by atomic mass is 16.5. The lowest BCUT2D eigenvalue weighted by Crippen LogP contribution is -2.68. The van der Waals surface area contributed by atoms with Crippen LogP contribution in [0, 0.1) is 18.8 Å². The summed E-state index contributed by atoms with van der Waals surface area (Å²) in [5, 5.41) is 21.5. The molecule has 25 heavy (non-hydrogen) atoms. The fourth-order valence-corrected chi connectivity index (χ4v) is 4.67. The van der Waals surface area contributed by atoms with Crippen LogP contribution >= 0.6 is 0 Å². The van der Waals surface area contributed by atoms with Crippen LogP contribution in [0.15, 0.2) is 18.2 Å². The van der Waals surface area contributed by atoms with Crippen LogP contribution in [-0.2, 0) is 9.47 Å². The van der Waals surface area contributed by atoms with Crippen molar-refractivity contribution in [1.82, 2.24) is 4.90 Å². The maximum absolute atomic E-state index is 13.2. The molecule has 0 unspecified atom stereocenters. The number of carbonyl (C=O) groups excluding carboxylic acids is 1. The van der Waals surface area contributed by atoms with E-state index in [-0.39, 0.29) is 29.5 Å². The summed E-state index contributed by atoms with van der Waals surface area (Å²) >= 11 is 0. The molecule has 0 aliphatic carbocycles. The molecule has 3 fully saturated rings. The largest absolute Gasteiger partial charge is 0.507 e. The first-order valence-electron chi connectivity index (χ1n) is 8.99. The molecule has 3 aliphatic heterocycles. The van der Waals surface area contributed by atoms with Gasteiger partial charge in [0.15, 0.2) is 0 Å². The number of piperidine rings is 1. The fraction of sp³-hybridized carbons (Fsp3) is 0.632. The molecule has 0 radical (unpaired) electrons. The van der Waals surface area contributed by atoms with Gasteiger partial charge in [-0.15, -0.1) is 0 Å². The number of aromatic hydroxyl groups is 1. The van der Waals surface area contributed by atoms with Gasteiger partial charge in [0.25, 0.3) is 5.91 Å². The molecule has 1 aromatic rings. The normalized spacial score (nSPS) is 35.0. The Labute approximate surface area is 147 Å². The first kappa shape index (κ1) is 16.8. The lowest BCUT2D eigenvalue weighted by molar-refractivity contribution is -0.212. The molecule has 1 aromatic carbocycles. The summed E-state index contributed by atoms with van der Waals surface area (Å²) in [5.41, 5.74) is 0.418. The molecule has 3 aliphatic rings. The van der Waals surface area contributed by atoms with Gasteiger partial charge in [-0.05, 0) is 25.5 Å². The summed E-state index contributed by atoms with van der Waals surface area (Å²) < 4.78 is 11.2. The molecule has 2 N–H and O–H groups in total. The van der Waals surface area contributed by atoms with Gasteiger partial charge in [0, 0.05) is 44.1 Å². The number of amides is 1. The number of benzene rings is 1. The standard InChI is InChI=1S/C19H25NO5/c1-12-2-3-17(21)14(8-12)18(22)20-9-13-10-25-7-5-19(13,23)15-11-24-6-4-16(15)20/h2-3,8,13,15-16,21,23H,4-7,9-11H2,1H3/t13-,15+,16+,19-/m0/s1. The Kier molecular flexibility index (Phi) is 4.22. The van der Waals surface area contributed by atoms with E-state index >= 15 is 0 Å². The maximum Gasteiger partial charge on any atom is 0.257 e. The highest BCUT2D eigenvalue weighted by Gasteiger charge is 2.56. The Hall–Kier alpha value is -1.63. The van der Waals surface area contributed by atoms with Crippen molar-refractivity contribution in [3.8, 4) is 5.75 Å². The second-order valence-corrected chi connectivity index (χ2v) is 7.53. The molecule has 136 valence electrons. The van der Waals surface area contributed by atoms with Gasteiger partial charge in [-0.25, -0.2) is 0 Å². The van der Waals surface area contributed by atoms with Crippen LogP contribution in [0.25, 0.3) is 0 Å². The molecule has 4 rings (SSSR count). The lowest BCUT2D eigenvalue weighted by atomic mass is 9.66. The average molecular weight is 347 g/mol. The Morgan fingerprint density at radius 1 is 1.28 bits per heavy atom. The van der Waals surface area contributed by atoms with Crippen molar-refractivity contribution in [3.63, 3.8) is 0 Å². The SMILES string of the molecule is Cc1ccc(O)c(C(=O)N2C[C@H]3COCC[C@@]3(O)[C@@H]3COCC[C@H]32)c1. The first-order valence-corrected chi connectivity index (χ1v) is 8.99. The highest BCUT2D eigenvalue weighted by molar-refractivity contribution is 5.97. The van der Waals surface area contributed by atoms with Crippen molar-refractivity contribution in [2.45, 2.75) is 31.4 Å². The molecule has 0 spiro atoms. The van der Waals surface area contributed by atoms with Gasteiger partial charge in [0.1, 0.15) is 5.75 Å². The van der Waals surface area contributed by atoms with E-state index in [0.29, 0.717) is 51.4 Å². The van der Waals surface area contributed by atoms with Gasteiger partial charge in [0.05, 0.1) is 24.4 Å². The number of carbonyl (C=O) groups is 1. The van der Waals surface area contributed by atoms with Crippen LogP contribution in [0.2, 0.25) is 0 Å². The molecule has 6 heteroatoms. The topological polar surface area (TPSA) is 79.2 Å². The lowest BCUT2D eigenvalue weighted by Gasteiger charge is -2.57. The number of nitrogens with zero attached hydrogens (tertiary/aromatic N) is 1. The molecular weight excluding hydrogens is 322 g/mol. The van der Waals surface area contributed by atoms with Gasteiger partial charge in [-0.3, -0.25) is 4.79 Å². The third-order valence-corrected chi connectivity index (χ3v) is 6.10. The minimum absolute atomic E-state index is 0.0000567. The van der Waals surface area contributed by atoms with Crippen molar-refractivity contribution in [2.75, 3.05) is 33.0 Å². The Morgan fingerprint density at radius 2 is 2.08 bits per heavy atom. The third-order valence-electron chi connectivity index (χ3n) is 6.10. The molecular formula is C19H25NO5. The molecule has 0 bridgehead atoms. The number of fused-ring (bicyclic) bond motifs is 3. The second kappa shape index (κ2) is 6.27. The van der Waals surface area contributed by atoms with E-state index in [4.69, 9.17) is 9.47 Å². The van der Waals surface area contributed by atoms with E-state index in [1.807, 2.05) is 11.8 Å². The summed E-state index contributed by atoms with van der Waals surface area (Å²) in [6.07, 6.45) is 1.29. The monoisotopic (exact) mass is 347 g/mol. The molecule has 3 heterocycles. The van der Waals surface area contributed by atoms with Crippen LogP contribution in [0.3, 0.4) is 0 Å². The number of phenolic OH excluding ortho intramolecular Hbond substituents is 1. The van der Waals surface area contributed by atoms with Gasteiger partial charge < -0.3 is 24.6 Å². The van der Waals surface area contributed by atoms with Crippen LogP contribution < -0.4 is 0 Å². The Bertz CT molecular complexity index is 678. The summed E-state index contributed by atoms with van der Waals surface area (Å²) in [6, 6.07) is 5.01. The van der Waals surface area contributed by atoms with E-state index in [1.54, 1.807) is 18.2 Å². The molecule has 1 amide bonds. The van der Waals surface area contributed by atoms with Gasteiger partial charge in [-0.1, -0.05) is 11.6 Å². The van der Waals surface area contributed by atoms with Crippen molar-refractivity contribution < 1.29 is 24.5 Å².